The summed E-state index contributed by atoms with van der Waals surface area (Å²) in [6.07, 6.45) is -3.37. The molecule has 0 aromatic heterocycles. The van der Waals surface area contributed by atoms with Crippen LogP contribution < -0.4 is 10.6 Å². The Hall–Kier alpha value is -1.30. The molecule has 6 heteroatoms. The highest BCUT2D eigenvalue weighted by molar-refractivity contribution is 7.80. The van der Waals surface area contributed by atoms with Crippen LogP contribution in [0.3, 0.4) is 0 Å². The maximum absolute atomic E-state index is 12.8. The Morgan fingerprint density at radius 2 is 1.95 bits per heavy atom. The van der Waals surface area contributed by atoms with Crippen molar-refractivity contribution in [3.8, 4) is 0 Å². The molecule has 0 radical (unpaired) electrons. The number of nitrogens with zero attached hydrogens (tertiary/aromatic N) is 1. The average molecular weight is 316 g/mol. The third kappa shape index (κ3) is 3.48. The van der Waals surface area contributed by atoms with Crippen molar-refractivity contribution in [3.63, 3.8) is 0 Å². The molecular formula is C15H19F3N2S. The van der Waals surface area contributed by atoms with Gasteiger partial charge in [0.25, 0.3) is 0 Å². The highest BCUT2D eigenvalue weighted by atomic mass is 32.1. The highest BCUT2D eigenvalue weighted by Crippen LogP contribution is 2.35. The predicted octanol–water partition coefficient (Wildman–Crippen LogP) is 3.82. The van der Waals surface area contributed by atoms with E-state index >= 15 is 0 Å². The molecule has 2 nitrogen and oxygen atoms in total. The second kappa shape index (κ2) is 5.83. The molecule has 1 aromatic rings. The molecule has 0 bridgehead atoms. The van der Waals surface area contributed by atoms with Gasteiger partial charge in [-0.15, -0.1) is 0 Å². The number of alkyl halides is 3. The van der Waals surface area contributed by atoms with Crippen LogP contribution in [0.2, 0.25) is 0 Å². The summed E-state index contributed by atoms with van der Waals surface area (Å²) in [4.78, 5) is 2.08. The standard InChI is InChI=1S/C15H19F3N2S/c1-9-5-6-20(8-10(9)2)13-4-3-11(15(16,17)18)7-12(13)14(19)21/h3-4,7,9-10H,5-6,8H2,1-2H3,(H2,19,21). The van der Waals surface area contributed by atoms with Crippen LogP contribution in [0.1, 0.15) is 31.4 Å². The molecule has 1 saturated heterocycles. The first-order chi connectivity index (χ1) is 9.70. The van der Waals surface area contributed by atoms with Crippen molar-refractivity contribution in [3.05, 3.63) is 29.3 Å². The molecule has 2 atom stereocenters. The van der Waals surface area contributed by atoms with Gasteiger partial charge in [0.05, 0.1) is 5.56 Å². The minimum Gasteiger partial charge on any atom is -0.389 e. The average Bonchev–Trinajstić information content (AvgIpc) is 2.40. The molecule has 0 amide bonds. The van der Waals surface area contributed by atoms with Crippen LogP contribution in [0, 0.1) is 11.8 Å². The van der Waals surface area contributed by atoms with Crippen molar-refractivity contribution in [2.45, 2.75) is 26.4 Å². The fourth-order valence-corrected chi connectivity index (χ4v) is 2.83. The lowest BCUT2D eigenvalue weighted by Gasteiger charge is -2.37. The summed E-state index contributed by atoms with van der Waals surface area (Å²) in [5.41, 5.74) is 5.93. The smallest absolute Gasteiger partial charge is 0.389 e. The molecule has 1 aromatic carbocycles. The van der Waals surface area contributed by atoms with E-state index in [-0.39, 0.29) is 4.99 Å². The molecule has 116 valence electrons. The lowest BCUT2D eigenvalue weighted by molar-refractivity contribution is -0.137. The van der Waals surface area contributed by atoms with E-state index < -0.39 is 11.7 Å². The topological polar surface area (TPSA) is 29.3 Å². The van der Waals surface area contributed by atoms with Crippen LogP contribution in [0.25, 0.3) is 0 Å². The third-order valence-electron chi connectivity index (χ3n) is 4.26. The van der Waals surface area contributed by atoms with Crippen LogP contribution in [0.4, 0.5) is 18.9 Å². The van der Waals surface area contributed by atoms with Gasteiger partial charge in [0.2, 0.25) is 0 Å². The summed E-state index contributed by atoms with van der Waals surface area (Å²) in [6.45, 7) is 5.97. The Kier molecular flexibility index (Phi) is 4.46. The first-order valence-corrected chi connectivity index (χ1v) is 7.37. The van der Waals surface area contributed by atoms with Gasteiger partial charge in [0.15, 0.2) is 0 Å². The van der Waals surface area contributed by atoms with Gasteiger partial charge in [-0.05, 0) is 36.5 Å². The molecule has 1 fully saturated rings. The Morgan fingerprint density at radius 3 is 2.48 bits per heavy atom. The van der Waals surface area contributed by atoms with Crippen molar-refractivity contribution in [1.29, 1.82) is 0 Å². The van der Waals surface area contributed by atoms with Gasteiger partial charge in [0.1, 0.15) is 4.99 Å². The molecule has 1 heterocycles. The Bertz CT molecular complexity index is 542. The first kappa shape index (κ1) is 16.1. The Balaban J connectivity index is 2.38. The van der Waals surface area contributed by atoms with Crippen LogP contribution in [0.15, 0.2) is 18.2 Å². The van der Waals surface area contributed by atoms with Gasteiger partial charge in [0, 0.05) is 24.3 Å². The molecule has 2 rings (SSSR count). The van der Waals surface area contributed by atoms with E-state index in [2.05, 4.69) is 18.7 Å². The molecule has 0 aliphatic carbocycles. The van der Waals surface area contributed by atoms with Gasteiger partial charge >= 0.3 is 6.18 Å². The number of hydrogen-bond donors (Lipinski definition) is 1. The summed E-state index contributed by atoms with van der Waals surface area (Å²) in [6, 6.07) is 3.64. The number of halogens is 3. The fourth-order valence-electron chi connectivity index (χ4n) is 2.67. The zero-order valence-electron chi connectivity index (χ0n) is 12.1. The van der Waals surface area contributed by atoms with E-state index in [1.807, 2.05) is 0 Å². The molecular weight excluding hydrogens is 297 g/mol. The highest BCUT2D eigenvalue weighted by Gasteiger charge is 2.32. The molecule has 0 spiro atoms. The van der Waals surface area contributed by atoms with Gasteiger partial charge in [-0.2, -0.15) is 13.2 Å². The monoisotopic (exact) mass is 316 g/mol. The van der Waals surface area contributed by atoms with E-state index in [1.165, 1.54) is 6.07 Å². The molecule has 2 N–H and O–H groups in total. The summed E-state index contributed by atoms with van der Waals surface area (Å²) in [7, 11) is 0. The van der Waals surface area contributed by atoms with Crippen molar-refractivity contribution in [2.75, 3.05) is 18.0 Å². The SMILES string of the molecule is CC1CCN(c2ccc(C(F)(F)F)cc2C(N)=S)CC1C. The zero-order valence-corrected chi connectivity index (χ0v) is 12.9. The molecule has 1 aliphatic heterocycles. The summed E-state index contributed by atoms with van der Waals surface area (Å²) < 4.78 is 38.5. The van der Waals surface area contributed by atoms with Crippen molar-refractivity contribution in [2.24, 2.45) is 17.6 Å². The van der Waals surface area contributed by atoms with E-state index in [4.69, 9.17) is 18.0 Å². The Morgan fingerprint density at radius 1 is 1.29 bits per heavy atom. The van der Waals surface area contributed by atoms with Crippen LogP contribution >= 0.6 is 12.2 Å². The normalized spacial score (nSPS) is 23.2. The van der Waals surface area contributed by atoms with Crippen LogP contribution in [0.5, 0.6) is 0 Å². The predicted molar refractivity (Wildman–Crippen MR) is 82.5 cm³/mol. The van der Waals surface area contributed by atoms with Crippen LogP contribution in [-0.2, 0) is 6.18 Å². The molecule has 2 unspecified atom stereocenters. The largest absolute Gasteiger partial charge is 0.416 e. The minimum absolute atomic E-state index is 0.00220. The third-order valence-corrected chi connectivity index (χ3v) is 4.48. The second-order valence-electron chi connectivity index (χ2n) is 5.78. The maximum atomic E-state index is 12.8. The number of thiocarbonyl (C=S) groups is 1. The number of benzene rings is 1. The van der Waals surface area contributed by atoms with Gasteiger partial charge in [-0.3, -0.25) is 0 Å². The van der Waals surface area contributed by atoms with Crippen molar-refractivity contribution in [1.82, 2.24) is 0 Å². The first-order valence-electron chi connectivity index (χ1n) is 6.96. The maximum Gasteiger partial charge on any atom is 0.416 e. The van der Waals surface area contributed by atoms with Gasteiger partial charge < -0.3 is 10.6 Å². The second-order valence-corrected chi connectivity index (χ2v) is 6.22. The van der Waals surface area contributed by atoms with E-state index in [0.29, 0.717) is 23.1 Å². The van der Waals surface area contributed by atoms with Crippen molar-refractivity contribution < 1.29 is 13.2 Å². The van der Waals surface area contributed by atoms with E-state index in [1.54, 1.807) is 0 Å². The van der Waals surface area contributed by atoms with E-state index in [0.717, 1.165) is 31.6 Å². The number of hydrogen-bond acceptors (Lipinski definition) is 2. The summed E-state index contributed by atoms with van der Waals surface area (Å²) >= 11 is 4.94. The molecule has 1 aliphatic rings. The molecule has 21 heavy (non-hydrogen) atoms. The summed E-state index contributed by atoms with van der Waals surface area (Å²) in [5, 5.41) is 0. The lowest BCUT2D eigenvalue weighted by Crippen LogP contribution is -2.39. The van der Waals surface area contributed by atoms with Gasteiger partial charge in [-0.1, -0.05) is 26.1 Å². The van der Waals surface area contributed by atoms with E-state index in [9.17, 15) is 13.2 Å². The van der Waals surface area contributed by atoms with Crippen LogP contribution in [-0.4, -0.2) is 18.1 Å². The number of rotatable bonds is 2. The quantitative estimate of drug-likeness (QED) is 0.841. The summed E-state index contributed by atoms with van der Waals surface area (Å²) in [5.74, 6) is 1.10. The zero-order chi connectivity index (χ0) is 15.8. The lowest BCUT2D eigenvalue weighted by atomic mass is 9.88. The number of anilines is 1. The molecule has 0 saturated carbocycles. The van der Waals surface area contributed by atoms with Crippen molar-refractivity contribution >= 4 is 22.9 Å². The number of piperidine rings is 1. The minimum atomic E-state index is -4.39. The Labute approximate surface area is 128 Å². The fraction of sp³-hybridized carbons (Fsp3) is 0.533. The number of nitrogens with two attached hydrogens (primary N) is 1. The van der Waals surface area contributed by atoms with Gasteiger partial charge in [-0.25, -0.2) is 0 Å².